The van der Waals surface area contributed by atoms with Gasteiger partial charge in [-0.15, -0.1) is 0 Å². The number of hydrogen-bond donors (Lipinski definition) is 1. The van der Waals surface area contributed by atoms with Crippen molar-refractivity contribution in [2.45, 2.75) is 51.5 Å². The molecule has 7 heteroatoms. The number of nitrogens with one attached hydrogen (secondary N) is 1. The van der Waals surface area contributed by atoms with Crippen molar-refractivity contribution in [1.29, 1.82) is 0 Å². The number of aromatic nitrogens is 1. The molecule has 1 aromatic carbocycles. The van der Waals surface area contributed by atoms with Gasteiger partial charge in [0.25, 0.3) is 0 Å². The Hall–Kier alpha value is -2.57. The van der Waals surface area contributed by atoms with E-state index in [-0.39, 0.29) is 11.9 Å². The van der Waals surface area contributed by atoms with Crippen LogP contribution in [0.15, 0.2) is 33.5 Å². The zero-order valence-corrected chi connectivity index (χ0v) is 15.2. The fourth-order valence-electron chi connectivity index (χ4n) is 2.79. The SMILES string of the molecule is COC(=O)CCCCCCNC(=O)CCCn1c(=O)oc2ccccc21. The number of amides is 1. The number of nitrogens with zero attached hydrogens (tertiary/aromatic N) is 1. The number of ether oxygens (including phenoxy) is 1. The summed E-state index contributed by atoms with van der Waals surface area (Å²) >= 11 is 0. The second-order valence-corrected chi connectivity index (χ2v) is 6.18. The Morgan fingerprint density at radius 3 is 2.65 bits per heavy atom. The number of benzene rings is 1. The lowest BCUT2D eigenvalue weighted by Gasteiger charge is -2.06. The molecule has 2 aromatic rings. The zero-order valence-electron chi connectivity index (χ0n) is 15.2. The molecule has 1 aromatic heterocycles. The third-order valence-electron chi connectivity index (χ3n) is 4.22. The van der Waals surface area contributed by atoms with Gasteiger partial charge < -0.3 is 14.5 Å². The van der Waals surface area contributed by atoms with Crippen molar-refractivity contribution >= 4 is 23.0 Å². The molecule has 0 aliphatic rings. The topological polar surface area (TPSA) is 90.5 Å². The molecule has 7 nitrogen and oxygen atoms in total. The van der Waals surface area contributed by atoms with Gasteiger partial charge in [-0.1, -0.05) is 25.0 Å². The van der Waals surface area contributed by atoms with Gasteiger partial charge in [0.15, 0.2) is 5.58 Å². The highest BCUT2D eigenvalue weighted by Gasteiger charge is 2.09. The molecule has 2 rings (SSSR count). The Kier molecular flexibility index (Phi) is 7.92. The van der Waals surface area contributed by atoms with Crippen LogP contribution in [0, 0.1) is 0 Å². The molecule has 0 saturated heterocycles. The van der Waals surface area contributed by atoms with Crippen molar-refractivity contribution in [3.05, 3.63) is 34.8 Å². The first kappa shape index (κ1) is 19.8. The van der Waals surface area contributed by atoms with Gasteiger partial charge in [-0.3, -0.25) is 14.2 Å². The number of rotatable bonds is 11. The third kappa shape index (κ3) is 6.06. The van der Waals surface area contributed by atoms with E-state index < -0.39 is 5.76 Å². The predicted octanol–water partition coefficient (Wildman–Crippen LogP) is 2.61. The number of carbonyl (C=O) groups excluding carboxylic acids is 2. The summed E-state index contributed by atoms with van der Waals surface area (Å²) in [4.78, 5) is 34.7. The maximum Gasteiger partial charge on any atom is 0.419 e. The summed E-state index contributed by atoms with van der Waals surface area (Å²) in [5.74, 6) is -0.582. The van der Waals surface area contributed by atoms with E-state index in [2.05, 4.69) is 10.1 Å². The van der Waals surface area contributed by atoms with Gasteiger partial charge in [0.05, 0.1) is 12.6 Å². The minimum absolute atomic E-state index is 0.0135. The molecule has 26 heavy (non-hydrogen) atoms. The van der Waals surface area contributed by atoms with Crippen molar-refractivity contribution in [2.75, 3.05) is 13.7 Å². The first-order valence-corrected chi connectivity index (χ1v) is 9.03. The van der Waals surface area contributed by atoms with Gasteiger partial charge >= 0.3 is 11.7 Å². The lowest BCUT2D eigenvalue weighted by atomic mass is 10.1. The Morgan fingerprint density at radius 2 is 1.85 bits per heavy atom. The van der Waals surface area contributed by atoms with Gasteiger partial charge in [-0.25, -0.2) is 4.79 Å². The maximum absolute atomic E-state index is 11.9. The van der Waals surface area contributed by atoms with Crippen LogP contribution in [0.2, 0.25) is 0 Å². The van der Waals surface area contributed by atoms with Crippen LogP contribution in [-0.4, -0.2) is 30.1 Å². The van der Waals surface area contributed by atoms with Crippen LogP contribution >= 0.6 is 0 Å². The fraction of sp³-hybridized carbons (Fsp3) is 0.526. The van der Waals surface area contributed by atoms with Crippen LogP contribution in [0.5, 0.6) is 0 Å². The zero-order chi connectivity index (χ0) is 18.8. The molecule has 0 aliphatic carbocycles. The van der Waals surface area contributed by atoms with E-state index >= 15 is 0 Å². The van der Waals surface area contributed by atoms with Crippen LogP contribution in [0.3, 0.4) is 0 Å². The minimum Gasteiger partial charge on any atom is -0.469 e. The number of aryl methyl sites for hydroxylation is 1. The van der Waals surface area contributed by atoms with Gasteiger partial charge in [0.1, 0.15) is 0 Å². The average Bonchev–Trinajstić information content (AvgIpc) is 2.96. The summed E-state index contributed by atoms with van der Waals surface area (Å²) in [6, 6.07) is 7.26. The molecule has 0 radical (unpaired) electrons. The van der Waals surface area contributed by atoms with Gasteiger partial charge in [-0.2, -0.15) is 0 Å². The maximum atomic E-state index is 11.9. The second-order valence-electron chi connectivity index (χ2n) is 6.18. The van der Waals surface area contributed by atoms with E-state index in [1.807, 2.05) is 18.2 Å². The van der Waals surface area contributed by atoms with E-state index in [9.17, 15) is 14.4 Å². The van der Waals surface area contributed by atoms with E-state index in [0.717, 1.165) is 31.2 Å². The number of carbonyl (C=O) groups is 2. The van der Waals surface area contributed by atoms with E-state index in [4.69, 9.17) is 4.42 Å². The quantitative estimate of drug-likeness (QED) is 0.490. The lowest BCUT2D eigenvalue weighted by Crippen LogP contribution is -2.25. The number of para-hydroxylation sites is 2. The molecule has 0 aliphatic heterocycles. The van der Waals surface area contributed by atoms with Crippen LogP contribution in [0.4, 0.5) is 0 Å². The first-order chi connectivity index (χ1) is 12.6. The van der Waals surface area contributed by atoms with Crippen molar-refractivity contribution in [1.82, 2.24) is 9.88 Å². The summed E-state index contributed by atoms with van der Waals surface area (Å²) in [5, 5.41) is 2.88. The Morgan fingerprint density at radius 1 is 1.08 bits per heavy atom. The highest BCUT2D eigenvalue weighted by Crippen LogP contribution is 2.12. The molecule has 0 atom stereocenters. The summed E-state index contributed by atoms with van der Waals surface area (Å²) < 4.78 is 11.3. The number of unbranched alkanes of at least 4 members (excludes halogenated alkanes) is 3. The number of oxazole rings is 1. The monoisotopic (exact) mass is 362 g/mol. The highest BCUT2D eigenvalue weighted by atomic mass is 16.5. The summed E-state index contributed by atoms with van der Waals surface area (Å²) in [6.45, 7) is 1.09. The van der Waals surface area contributed by atoms with Gasteiger partial charge in [-0.05, 0) is 31.4 Å². The fourth-order valence-corrected chi connectivity index (χ4v) is 2.79. The van der Waals surface area contributed by atoms with Crippen molar-refractivity contribution in [3.63, 3.8) is 0 Å². The number of methoxy groups -OCH3 is 1. The van der Waals surface area contributed by atoms with Crippen molar-refractivity contribution in [2.24, 2.45) is 0 Å². The lowest BCUT2D eigenvalue weighted by molar-refractivity contribution is -0.140. The summed E-state index contributed by atoms with van der Waals surface area (Å²) in [5.41, 5.74) is 1.32. The number of hydrogen-bond acceptors (Lipinski definition) is 5. The molecule has 0 unspecified atom stereocenters. The van der Waals surface area contributed by atoms with Crippen LogP contribution in [0.25, 0.3) is 11.1 Å². The molecule has 0 spiro atoms. The largest absolute Gasteiger partial charge is 0.469 e. The third-order valence-corrected chi connectivity index (χ3v) is 4.22. The molecule has 0 saturated carbocycles. The second kappa shape index (κ2) is 10.4. The summed E-state index contributed by atoms with van der Waals surface area (Å²) in [6.07, 6.45) is 5.01. The molecule has 1 N–H and O–H groups in total. The summed E-state index contributed by atoms with van der Waals surface area (Å²) in [7, 11) is 1.39. The molecule has 142 valence electrons. The average molecular weight is 362 g/mol. The first-order valence-electron chi connectivity index (χ1n) is 9.03. The Balaban J connectivity index is 1.58. The number of fused-ring (bicyclic) bond motifs is 1. The molecule has 1 heterocycles. The Labute approximate surface area is 152 Å². The molecule has 0 fully saturated rings. The molecular weight excluding hydrogens is 336 g/mol. The van der Waals surface area contributed by atoms with Crippen LogP contribution < -0.4 is 11.1 Å². The normalized spacial score (nSPS) is 10.8. The predicted molar refractivity (Wildman–Crippen MR) is 97.8 cm³/mol. The minimum atomic E-state index is -0.390. The van der Waals surface area contributed by atoms with E-state index in [0.29, 0.717) is 37.9 Å². The van der Waals surface area contributed by atoms with E-state index in [1.54, 1.807) is 10.6 Å². The number of esters is 1. The molecule has 1 amide bonds. The van der Waals surface area contributed by atoms with Crippen molar-refractivity contribution < 1.29 is 18.7 Å². The highest BCUT2D eigenvalue weighted by molar-refractivity contribution is 5.76. The van der Waals surface area contributed by atoms with Gasteiger partial charge in [0, 0.05) is 25.9 Å². The van der Waals surface area contributed by atoms with E-state index in [1.165, 1.54) is 7.11 Å². The molecule has 0 bridgehead atoms. The standard InChI is InChI=1S/C19H26N2O5/c1-25-18(23)12-4-2-3-7-13-20-17(22)11-8-14-21-15-9-5-6-10-16(15)26-19(21)24/h5-6,9-10H,2-4,7-8,11-14H2,1H3,(H,20,22). The Bertz CT molecular complexity index is 778. The van der Waals surface area contributed by atoms with Crippen LogP contribution in [0.1, 0.15) is 44.9 Å². The van der Waals surface area contributed by atoms with Crippen LogP contribution in [-0.2, 0) is 20.9 Å². The molecular formula is C19H26N2O5. The van der Waals surface area contributed by atoms with Gasteiger partial charge in [0.2, 0.25) is 5.91 Å². The smallest absolute Gasteiger partial charge is 0.419 e. The van der Waals surface area contributed by atoms with Crippen molar-refractivity contribution in [3.8, 4) is 0 Å².